The number of hydrogen-bond donors (Lipinski definition) is 1. The molecule has 6 nitrogen and oxygen atoms in total. The summed E-state index contributed by atoms with van der Waals surface area (Å²) in [5, 5.41) is 9.52. The lowest BCUT2D eigenvalue weighted by Crippen LogP contribution is -2.11. The summed E-state index contributed by atoms with van der Waals surface area (Å²) >= 11 is 0. The van der Waals surface area contributed by atoms with Crippen molar-refractivity contribution in [2.24, 2.45) is 0 Å². The molecule has 0 amide bonds. The van der Waals surface area contributed by atoms with Gasteiger partial charge in [0.1, 0.15) is 23.0 Å². The lowest BCUT2D eigenvalue weighted by Gasteiger charge is -2.12. The lowest BCUT2D eigenvalue weighted by molar-refractivity contribution is 0.388. The maximum atomic E-state index is 12.4. The summed E-state index contributed by atoms with van der Waals surface area (Å²) in [7, 11) is -1.35. The largest absolute Gasteiger partial charge is 0.508 e. The summed E-state index contributed by atoms with van der Waals surface area (Å²) in [5.41, 5.74) is 0.669. The molecule has 118 valence electrons. The van der Waals surface area contributed by atoms with E-state index in [9.17, 15) is 13.5 Å². The Labute approximate surface area is 129 Å². The molecule has 7 heteroatoms. The number of rotatable bonds is 5. The maximum Gasteiger partial charge on any atom is 0.343 e. The summed E-state index contributed by atoms with van der Waals surface area (Å²) in [4.78, 5) is -0.157. The summed E-state index contributed by atoms with van der Waals surface area (Å²) in [5.74, 6) is 0.429. The Morgan fingerprint density at radius 3 is 2.27 bits per heavy atom. The van der Waals surface area contributed by atoms with Crippen LogP contribution in [0.15, 0.2) is 41.3 Å². The molecular weight excluding hydrogens is 308 g/mol. The number of aromatic hydroxyl groups is 1. The maximum absolute atomic E-state index is 12.4. The van der Waals surface area contributed by atoms with Gasteiger partial charge in [0.15, 0.2) is 4.90 Å². The van der Waals surface area contributed by atoms with Crippen molar-refractivity contribution in [1.29, 1.82) is 0 Å². The Hall–Kier alpha value is -2.41. The third-order valence-electron chi connectivity index (χ3n) is 2.88. The minimum Gasteiger partial charge on any atom is -0.508 e. The van der Waals surface area contributed by atoms with Crippen molar-refractivity contribution < 1.29 is 27.2 Å². The summed E-state index contributed by atoms with van der Waals surface area (Å²) in [6, 6.07) is 8.58. The van der Waals surface area contributed by atoms with Crippen molar-refractivity contribution in [2.45, 2.75) is 11.8 Å². The van der Waals surface area contributed by atoms with E-state index in [1.807, 2.05) is 0 Å². The highest BCUT2D eigenvalue weighted by molar-refractivity contribution is 7.87. The predicted molar refractivity (Wildman–Crippen MR) is 80.2 cm³/mol. The average molecular weight is 324 g/mol. The van der Waals surface area contributed by atoms with Gasteiger partial charge in [-0.2, -0.15) is 8.42 Å². The smallest absolute Gasteiger partial charge is 0.343 e. The molecule has 2 rings (SSSR count). The van der Waals surface area contributed by atoms with E-state index in [1.54, 1.807) is 13.0 Å². The molecular formula is C15H16O6S. The molecule has 0 saturated carbocycles. The zero-order valence-electron chi connectivity index (χ0n) is 12.4. The molecule has 0 saturated heterocycles. The molecule has 0 aliphatic heterocycles. The summed E-state index contributed by atoms with van der Waals surface area (Å²) in [6.07, 6.45) is 0. The van der Waals surface area contributed by atoms with Gasteiger partial charge in [0, 0.05) is 12.1 Å². The number of hydrogen-bond acceptors (Lipinski definition) is 6. The zero-order chi connectivity index (χ0) is 16.3. The van der Waals surface area contributed by atoms with E-state index in [2.05, 4.69) is 0 Å². The molecule has 0 radical (unpaired) electrons. The number of phenols is 1. The SMILES string of the molecule is COc1ccc(OC)c(S(=O)(=O)Oc2cc(C)cc(O)c2)c1. The molecule has 0 bridgehead atoms. The van der Waals surface area contributed by atoms with E-state index in [0.29, 0.717) is 11.3 Å². The van der Waals surface area contributed by atoms with Gasteiger partial charge in [0.25, 0.3) is 0 Å². The van der Waals surface area contributed by atoms with E-state index in [1.165, 1.54) is 44.6 Å². The van der Waals surface area contributed by atoms with Gasteiger partial charge in [-0.15, -0.1) is 0 Å². The Balaban J connectivity index is 2.46. The number of ether oxygens (including phenoxy) is 2. The fourth-order valence-electron chi connectivity index (χ4n) is 1.93. The second kappa shape index (κ2) is 6.15. The van der Waals surface area contributed by atoms with E-state index in [0.717, 1.165) is 0 Å². The Morgan fingerprint density at radius 1 is 0.955 bits per heavy atom. The topological polar surface area (TPSA) is 82.1 Å². The first-order chi connectivity index (χ1) is 10.4. The quantitative estimate of drug-likeness (QED) is 0.851. The fraction of sp³-hybridized carbons (Fsp3) is 0.200. The van der Waals surface area contributed by atoms with E-state index >= 15 is 0 Å². The zero-order valence-corrected chi connectivity index (χ0v) is 13.2. The normalized spacial score (nSPS) is 11.0. The first-order valence-electron chi connectivity index (χ1n) is 6.33. The van der Waals surface area contributed by atoms with Crippen LogP contribution < -0.4 is 13.7 Å². The molecule has 2 aromatic rings. The molecule has 0 aromatic heterocycles. The first-order valence-corrected chi connectivity index (χ1v) is 7.73. The number of aryl methyl sites for hydroxylation is 1. The number of phenolic OH excluding ortho intramolecular Hbond substituents is 1. The molecule has 0 spiro atoms. The Bertz CT molecular complexity index is 762. The third-order valence-corrected chi connectivity index (χ3v) is 4.15. The molecule has 0 aliphatic carbocycles. The lowest BCUT2D eigenvalue weighted by atomic mass is 10.2. The van der Waals surface area contributed by atoms with Gasteiger partial charge in [-0.05, 0) is 36.8 Å². The molecule has 0 unspecified atom stereocenters. The molecule has 1 N–H and O–H groups in total. The number of methoxy groups -OCH3 is 2. The third kappa shape index (κ3) is 3.43. The highest BCUT2D eigenvalue weighted by atomic mass is 32.2. The van der Waals surface area contributed by atoms with Crippen molar-refractivity contribution in [1.82, 2.24) is 0 Å². The molecule has 0 aliphatic rings. The monoisotopic (exact) mass is 324 g/mol. The van der Waals surface area contributed by atoms with Gasteiger partial charge in [-0.1, -0.05) is 0 Å². The van der Waals surface area contributed by atoms with Crippen molar-refractivity contribution >= 4 is 10.1 Å². The summed E-state index contributed by atoms with van der Waals surface area (Å²) in [6.45, 7) is 1.71. The predicted octanol–water partition coefficient (Wildman–Crippen LogP) is 2.49. The van der Waals surface area contributed by atoms with Gasteiger partial charge < -0.3 is 18.8 Å². The van der Waals surface area contributed by atoms with Gasteiger partial charge in [-0.3, -0.25) is 0 Å². The van der Waals surface area contributed by atoms with Crippen LogP contribution in [0.5, 0.6) is 23.0 Å². The van der Waals surface area contributed by atoms with Crippen molar-refractivity contribution in [2.75, 3.05) is 14.2 Å². The standard InChI is InChI=1S/C15H16O6S/c1-10-6-11(16)8-13(7-10)21-22(17,18)15-9-12(19-2)4-5-14(15)20-3/h4-9,16H,1-3H3. The van der Waals surface area contributed by atoms with Gasteiger partial charge in [-0.25, -0.2) is 0 Å². The van der Waals surface area contributed by atoms with E-state index in [-0.39, 0.29) is 22.1 Å². The van der Waals surface area contributed by atoms with Crippen LogP contribution in [0.3, 0.4) is 0 Å². The summed E-state index contributed by atoms with van der Waals surface area (Å²) < 4.78 is 40.0. The molecule has 22 heavy (non-hydrogen) atoms. The van der Waals surface area contributed by atoms with Crippen molar-refractivity contribution in [3.8, 4) is 23.0 Å². The van der Waals surface area contributed by atoms with E-state index < -0.39 is 10.1 Å². The minimum absolute atomic E-state index is 0.0161. The van der Waals surface area contributed by atoms with Crippen LogP contribution in [0.1, 0.15) is 5.56 Å². The number of benzene rings is 2. The molecule has 2 aromatic carbocycles. The van der Waals surface area contributed by atoms with Gasteiger partial charge in [0.05, 0.1) is 14.2 Å². The van der Waals surface area contributed by atoms with Gasteiger partial charge in [0.2, 0.25) is 0 Å². The van der Waals surface area contributed by atoms with Crippen LogP contribution in [0.2, 0.25) is 0 Å². The average Bonchev–Trinajstić information content (AvgIpc) is 2.44. The van der Waals surface area contributed by atoms with Crippen LogP contribution in [0.4, 0.5) is 0 Å². The molecule has 0 heterocycles. The van der Waals surface area contributed by atoms with Crippen LogP contribution >= 0.6 is 0 Å². The molecule has 0 atom stereocenters. The Kier molecular flexibility index (Phi) is 4.46. The highest BCUT2D eigenvalue weighted by Gasteiger charge is 2.23. The fourth-order valence-corrected chi connectivity index (χ4v) is 3.03. The Morgan fingerprint density at radius 2 is 1.68 bits per heavy atom. The van der Waals surface area contributed by atoms with Gasteiger partial charge >= 0.3 is 10.1 Å². The van der Waals surface area contributed by atoms with Crippen LogP contribution in [0, 0.1) is 6.92 Å². The minimum atomic E-state index is -4.14. The second-order valence-electron chi connectivity index (χ2n) is 4.56. The van der Waals surface area contributed by atoms with Crippen LogP contribution in [-0.4, -0.2) is 27.7 Å². The first kappa shape index (κ1) is 16.0. The van der Waals surface area contributed by atoms with E-state index in [4.69, 9.17) is 13.7 Å². The van der Waals surface area contributed by atoms with Crippen LogP contribution in [0.25, 0.3) is 0 Å². The van der Waals surface area contributed by atoms with Crippen molar-refractivity contribution in [3.63, 3.8) is 0 Å². The van der Waals surface area contributed by atoms with Crippen LogP contribution in [-0.2, 0) is 10.1 Å². The van der Waals surface area contributed by atoms with Crippen molar-refractivity contribution in [3.05, 3.63) is 42.0 Å². The highest BCUT2D eigenvalue weighted by Crippen LogP contribution is 2.31. The second-order valence-corrected chi connectivity index (χ2v) is 6.07. The molecule has 0 fully saturated rings.